The SMILES string of the molecule is CN(C)CC1CC2(CCN(C(=O)Cn3cnc4ccccc4c3=O)CC2)C(=O)O1.O=CO. The van der Waals surface area contributed by atoms with Crippen molar-refractivity contribution in [3.05, 3.63) is 40.9 Å². The summed E-state index contributed by atoms with van der Waals surface area (Å²) < 4.78 is 6.93. The number of rotatable bonds is 4. The molecule has 2 fully saturated rings. The Bertz CT molecular complexity index is 1040. The zero-order valence-electron chi connectivity index (χ0n) is 18.3. The maximum Gasteiger partial charge on any atom is 0.312 e. The summed E-state index contributed by atoms with van der Waals surface area (Å²) in [6, 6.07) is 7.10. The van der Waals surface area contributed by atoms with Crippen molar-refractivity contribution < 1.29 is 24.2 Å². The fraction of sp³-hybridized carbons (Fsp3) is 0.500. The van der Waals surface area contributed by atoms with Crippen LogP contribution in [0.5, 0.6) is 0 Å². The Morgan fingerprint density at radius 3 is 2.59 bits per heavy atom. The molecule has 0 radical (unpaired) electrons. The number of carbonyl (C=O) groups excluding carboxylic acids is 2. The lowest BCUT2D eigenvalue weighted by Crippen LogP contribution is -2.46. The van der Waals surface area contributed by atoms with Crippen molar-refractivity contribution in [1.82, 2.24) is 19.4 Å². The Balaban J connectivity index is 0.000000913. The smallest absolute Gasteiger partial charge is 0.312 e. The molecule has 2 aliphatic heterocycles. The highest BCUT2D eigenvalue weighted by Crippen LogP contribution is 2.43. The molecule has 0 saturated carbocycles. The standard InChI is InChI=1S/C21H26N4O4.CH2O2/c1-23(2)12-15-11-21(20(28)29-15)7-9-24(10-8-21)18(26)13-25-14-22-17-6-4-3-5-16(17)19(25)27;2-1-3/h3-6,14-15H,7-13H2,1-2H3;1H,(H,2,3). The Labute approximate surface area is 185 Å². The molecule has 0 aliphatic carbocycles. The molecule has 1 amide bonds. The molecule has 3 heterocycles. The summed E-state index contributed by atoms with van der Waals surface area (Å²) in [5.74, 6) is -0.262. The van der Waals surface area contributed by atoms with Crippen molar-refractivity contribution in [1.29, 1.82) is 0 Å². The van der Waals surface area contributed by atoms with Crippen LogP contribution in [0.3, 0.4) is 0 Å². The lowest BCUT2D eigenvalue weighted by Gasteiger charge is -2.36. The first-order valence-electron chi connectivity index (χ1n) is 10.5. The molecule has 1 atom stereocenters. The Hall–Kier alpha value is -3.27. The van der Waals surface area contributed by atoms with Crippen molar-refractivity contribution in [3.8, 4) is 0 Å². The fourth-order valence-corrected chi connectivity index (χ4v) is 4.40. The van der Waals surface area contributed by atoms with Gasteiger partial charge >= 0.3 is 5.97 Å². The van der Waals surface area contributed by atoms with Crippen molar-refractivity contribution in [2.45, 2.75) is 31.9 Å². The molecule has 2 aliphatic rings. The summed E-state index contributed by atoms with van der Waals surface area (Å²) in [6.45, 7) is 1.42. The van der Waals surface area contributed by atoms with Gasteiger partial charge in [0.25, 0.3) is 12.0 Å². The number of cyclic esters (lactones) is 1. The van der Waals surface area contributed by atoms with Gasteiger partial charge in [0.05, 0.1) is 22.6 Å². The second kappa shape index (κ2) is 9.90. The number of aromatic nitrogens is 2. The van der Waals surface area contributed by atoms with Crippen LogP contribution in [-0.4, -0.2) is 82.6 Å². The van der Waals surface area contributed by atoms with Gasteiger partial charge in [-0.15, -0.1) is 0 Å². The Morgan fingerprint density at radius 2 is 1.94 bits per heavy atom. The van der Waals surface area contributed by atoms with E-state index >= 15 is 0 Å². The number of amides is 1. The van der Waals surface area contributed by atoms with Crippen LogP contribution in [0.2, 0.25) is 0 Å². The number of carboxylic acid groups (broad SMARTS) is 1. The van der Waals surface area contributed by atoms with E-state index in [9.17, 15) is 14.4 Å². The normalized spacial score (nSPS) is 19.5. The predicted molar refractivity (Wildman–Crippen MR) is 116 cm³/mol. The number of nitrogens with zero attached hydrogens (tertiary/aromatic N) is 4. The van der Waals surface area contributed by atoms with Crippen LogP contribution in [0.1, 0.15) is 19.3 Å². The van der Waals surface area contributed by atoms with Gasteiger partial charge in [-0.1, -0.05) is 12.1 Å². The maximum absolute atomic E-state index is 12.8. The molecule has 172 valence electrons. The van der Waals surface area contributed by atoms with Crippen molar-refractivity contribution in [3.63, 3.8) is 0 Å². The molecule has 2 saturated heterocycles. The highest BCUT2D eigenvalue weighted by molar-refractivity contribution is 5.81. The zero-order chi connectivity index (χ0) is 23.3. The molecule has 10 nitrogen and oxygen atoms in total. The molecule has 2 aromatic rings. The molecule has 1 N–H and O–H groups in total. The topological polar surface area (TPSA) is 122 Å². The van der Waals surface area contributed by atoms with Crippen LogP contribution in [0.4, 0.5) is 0 Å². The Morgan fingerprint density at radius 1 is 1.28 bits per heavy atom. The summed E-state index contributed by atoms with van der Waals surface area (Å²) in [5.41, 5.74) is -0.0739. The second-order valence-electron chi connectivity index (χ2n) is 8.45. The van der Waals surface area contributed by atoms with Gasteiger partial charge in [0, 0.05) is 26.1 Å². The largest absolute Gasteiger partial charge is 0.483 e. The fourth-order valence-electron chi connectivity index (χ4n) is 4.40. The first kappa shape index (κ1) is 23.4. The number of likely N-dealkylation sites (tertiary alicyclic amines) is 1. The number of fused-ring (bicyclic) bond motifs is 1. The van der Waals surface area contributed by atoms with Gasteiger partial charge in [-0.25, -0.2) is 4.98 Å². The van der Waals surface area contributed by atoms with Crippen LogP contribution in [0, 0.1) is 5.41 Å². The van der Waals surface area contributed by atoms with Crippen LogP contribution in [0.15, 0.2) is 35.4 Å². The number of ether oxygens (including phenoxy) is 1. The first-order chi connectivity index (χ1) is 15.3. The summed E-state index contributed by atoms with van der Waals surface area (Å²) in [4.78, 5) is 54.2. The lowest BCUT2D eigenvalue weighted by molar-refractivity contribution is -0.152. The summed E-state index contributed by atoms with van der Waals surface area (Å²) in [5, 5.41) is 7.39. The van der Waals surface area contributed by atoms with Crippen molar-refractivity contribution in [2.24, 2.45) is 5.41 Å². The quantitative estimate of drug-likeness (QED) is 0.537. The van der Waals surface area contributed by atoms with Crippen LogP contribution >= 0.6 is 0 Å². The monoisotopic (exact) mass is 444 g/mol. The van der Waals surface area contributed by atoms with Gasteiger partial charge in [-0.3, -0.25) is 23.7 Å². The molecule has 1 spiro atoms. The summed E-state index contributed by atoms with van der Waals surface area (Å²) >= 11 is 0. The van der Waals surface area contributed by atoms with Gasteiger partial charge < -0.3 is 19.6 Å². The zero-order valence-corrected chi connectivity index (χ0v) is 18.3. The van der Waals surface area contributed by atoms with Crippen LogP contribution in [-0.2, 0) is 25.7 Å². The number of likely N-dealkylation sites (N-methyl/N-ethyl adjacent to an activating group) is 1. The van der Waals surface area contributed by atoms with Gasteiger partial charge in [-0.05, 0) is 39.1 Å². The highest BCUT2D eigenvalue weighted by atomic mass is 16.6. The minimum atomic E-state index is -0.473. The van der Waals surface area contributed by atoms with E-state index in [0.717, 1.165) is 0 Å². The van der Waals surface area contributed by atoms with Crippen LogP contribution < -0.4 is 5.56 Å². The second-order valence-corrected chi connectivity index (χ2v) is 8.45. The molecule has 4 rings (SSSR count). The van der Waals surface area contributed by atoms with E-state index in [0.29, 0.717) is 49.8 Å². The van der Waals surface area contributed by atoms with E-state index in [4.69, 9.17) is 14.6 Å². The number of benzene rings is 1. The Kier molecular flexibility index (Phi) is 7.24. The van der Waals surface area contributed by atoms with E-state index in [2.05, 4.69) is 4.98 Å². The van der Waals surface area contributed by atoms with Gasteiger partial charge in [0.1, 0.15) is 12.6 Å². The molecule has 0 bridgehead atoms. The minimum absolute atomic E-state index is 0.0443. The van der Waals surface area contributed by atoms with Gasteiger partial charge in [0.2, 0.25) is 5.91 Å². The third-order valence-electron chi connectivity index (χ3n) is 6.00. The highest BCUT2D eigenvalue weighted by Gasteiger charge is 2.50. The average Bonchev–Trinajstić information content (AvgIpc) is 3.04. The predicted octanol–water partition coefficient (Wildman–Crippen LogP) is 0.583. The van der Waals surface area contributed by atoms with E-state index in [-0.39, 0.29) is 36.6 Å². The average molecular weight is 444 g/mol. The maximum atomic E-state index is 12.8. The molecule has 1 aromatic heterocycles. The molecular formula is C22H28N4O6. The van der Waals surface area contributed by atoms with Crippen molar-refractivity contribution >= 4 is 29.3 Å². The van der Waals surface area contributed by atoms with Gasteiger partial charge in [0.15, 0.2) is 0 Å². The van der Waals surface area contributed by atoms with Crippen molar-refractivity contribution in [2.75, 3.05) is 33.7 Å². The third kappa shape index (κ3) is 4.96. The summed E-state index contributed by atoms with van der Waals surface area (Å²) in [6.07, 6.45) is 3.26. The van der Waals surface area contributed by atoms with E-state index < -0.39 is 5.41 Å². The van der Waals surface area contributed by atoms with Crippen LogP contribution in [0.25, 0.3) is 10.9 Å². The number of piperidine rings is 1. The molecule has 32 heavy (non-hydrogen) atoms. The van der Waals surface area contributed by atoms with E-state index in [1.54, 1.807) is 23.1 Å². The molecule has 1 unspecified atom stereocenters. The number of para-hydroxylation sites is 1. The molecule has 1 aromatic carbocycles. The van der Waals surface area contributed by atoms with E-state index in [1.807, 2.05) is 25.1 Å². The number of hydrogen-bond acceptors (Lipinski definition) is 7. The third-order valence-corrected chi connectivity index (χ3v) is 6.00. The number of hydrogen-bond donors (Lipinski definition) is 1. The number of carbonyl (C=O) groups is 3. The first-order valence-corrected chi connectivity index (χ1v) is 10.5. The summed E-state index contributed by atoms with van der Waals surface area (Å²) in [7, 11) is 3.92. The number of esters is 1. The minimum Gasteiger partial charge on any atom is -0.483 e. The van der Waals surface area contributed by atoms with E-state index in [1.165, 1.54) is 10.9 Å². The molecular weight excluding hydrogens is 416 g/mol. The van der Waals surface area contributed by atoms with Gasteiger partial charge in [-0.2, -0.15) is 0 Å². The lowest BCUT2D eigenvalue weighted by atomic mass is 9.76. The molecule has 10 heteroatoms.